The van der Waals surface area contributed by atoms with E-state index in [9.17, 15) is 14.9 Å². The molecule has 11 heavy (non-hydrogen) atoms. The van der Waals surface area contributed by atoms with Gasteiger partial charge >= 0.3 is 0 Å². The van der Waals surface area contributed by atoms with Gasteiger partial charge in [-0.05, 0) is 0 Å². The highest BCUT2D eigenvalue weighted by atomic mass is 16.6. The lowest BCUT2D eigenvalue weighted by Crippen LogP contribution is -2.16. The van der Waals surface area contributed by atoms with Crippen molar-refractivity contribution in [1.82, 2.24) is 0 Å². The van der Waals surface area contributed by atoms with Gasteiger partial charge in [-0.15, -0.1) is 0 Å². The minimum absolute atomic E-state index is 0.0960. The maximum atomic E-state index is 10.7. The number of nitro groups is 1. The minimum atomic E-state index is -0.592. The summed E-state index contributed by atoms with van der Waals surface area (Å²) in [6, 6.07) is -0.592. The molecule has 0 N–H and O–H groups in total. The third-order valence-electron chi connectivity index (χ3n) is 1.60. The van der Waals surface area contributed by atoms with Crippen LogP contribution in [0.5, 0.6) is 0 Å². The molecule has 0 saturated heterocycles. The Morgan fingerprint density at radius 1 is 1.64 bits per heavy atom. The number of carbonyl (C=O) groups is 1. The predicted molar refractivity (Wildman–Crippen MR) is 41.0 cm³/mol. The van der Waals surface area contributed by atoms with Gasteiger partial charge in [-0.1, -0.05) is 6.92 Å². The van der Waals surface area contributed by atoms with Crippen molar-refractivity contribution in [2.75, 3.05) is 0 Å². The maximum Gasteiger partial charge on any atom is 0.210 e. The smallest absolute Gasteiger partial charge is 0.210 e. The van der Waals surface area contributed by atoms with Gasteiger partial charge in [0.1, 0.15) is 5.78 Å². The Bertz CT molecular complexity index is 156. The summed E-state index contributed by atoms with van der Waals surface area (Å²) in [4.78, 5) is 20.5. The molecule has 4 nitrogen and oxygen atoms in total. The summed E-state index contributed by atoms with van der Waals surface area (Å²) in [6.07, 6.45) is 1.17. The van der Waals surface area contributed by atoms with Crippen molar-refractivity contribution in [3.8, 4) is 0 Å². The SMILES string of the molecule is CCC(=O)CC[C@@H](C)[N+](=O)[O-]. The van der Waals surface area contributed by atoms with Crippen LogP contribution in [0.1, 0.15) is 33.1 Å². The second-order valence-electron chi connectivity index (χ2n) is 2.57. The molecule has 0 rings (SSSR count). The molecule has 0 radical (unpaired) electrons. The van der Waals surface area contributed by atoms with Crippen LogP contribution in [-0.2, 0) is 4.79 Å². The van der Waals surface area contributed by atoms with E-state index in [2.05, 4.69) is 0 Å². The number of nitrogens with zero attached hydrogens (tertiary/aromatic N) is 1. The van der Waals surface area contributed by atoms with Crippen molar-refractivity contribution < 1.29 is 9.72 Å². The summed E-state index contributed by atoms with van der Waals surface area (Å²) < 4.78 is 0. The van der Waals surface area contributed by atoms with Crippen LogP contribution in [0.3, 0.4) is 0 Å². The molecule has 0 bridgehead atoms. The first-order valence-corrected chi connectivity index (χ1v) is 3.73. The fourth-order valence-electron chi connectivity index (χ4n) is 0.652. The Kier molecular flexibility index (Phi) is 4.41. The molecule has 0 aromatic rings. The molecule has 4 heteroatoms. The lowest BCUT2D eigenvalue weighted by atomic mass is 10.1. The van der Waals surface area contributed by atoms with Gasteiger partial charge in [0.05, 0.1) is 0 Å². The molecule has 0 unspecified atom stereocenters. The van der Waals surface area contributed by atoms with E-state index in [0.29, 0.717) is 19.3 Å². The van der Waals surface area contributed by atoms with E-state index in [1.807, 2.05) is 0 Å². The van der Waals surface area contributed by atoms with Gasteiger partial charge in [-0.3, -0.25) is 14.9 Å². The van der Waals surface area contributed by atoms with Crippen LogP contribution >= 0.6 is 0 Å². The molecule has 0 spiro atoms. The molecule has 0 fully saturated rings. The van der Waals surface area contributed by atoms with Crippen LogP contribution in [0.2, 0.25) is 0 Å². The Morgan fingerprint density at radius 3 is 2.55 bits per heavy atom. The lowest BCUT2D eigenvalue weighted by molar-refractivity contribution is -0.518. The summed E-state index contributed by atoms with van der Waals surface area (Å²) >= 11 is 0. The fourth-order valence-corrected chi connectivity index (χ4v) is 0.652. The molecule has 0 amide bonds. The number of rotatable bonds is 5. The summed E-state index contributed by atoms with van der Waals surface area (Å²) in [5, 5.41) is 10.1. The van der Waals surface area contributed by atoms with Crippen LogP contribution < -0.4 is 0 Å². The molecule has 0 aromatic carbocycles. The summed E-state index contributed by atoms with van der Waals surface area (Å²) in [5.41, 5.74) is 0. The zero-order valence-electron chi connectivity index (χ0n) is 6.87. The molecule has 1 atom stereocenters. The van der Waals surface area contributed by atoms with E-state index in [4.69, 9.17) is 0 Å². The van der Waals surface area contributed by atoms with Crippen LogP contribution in [-0.4, -0.2) is 16.7 Å². The summed E-state index contributed by atoms with van der Waals surface area (Å²) in [6.45, 7) is 3.28. The fraction of sp³-hybridized carbons (Fsp3) is 0.857. The van der Waals surface area contributed by atoms with Crippen LogP contribution in [0.4, 0.5) is 0 Å². The largest absolute Gasteiger partial charge is 0.300 e. The van der Waals surface area contributed by atoms with Gasteiger partial charge < -0.3 is 0 Å². The zero-order chi connectivity index (χ0) is 8.85. The number of ketones is 1. The van der Waals surface area contributed by atoms with Crippen molar-refractivity contribution in [3.63, 3.8) is 0 Å². The molecule has 0 aromatic heterocycles. The normalized spacial score (nSPS) is 12.5. The molecule has 0 aliphatic carbocycles. The van der Waals surface area contributed by atoms with Gasteiger partial charge in [0.2, 0.25) is 6.04 Å². The topological polar surface area (TPSA) is 60.2 Å². The third-order valence-corrected chi connectivity index (χ3v) is 1.60. The van der Waals surface area contributed by atoms with E-state index in [0.717, 1.165) is 0 Å². The highest BCUT2D eigenvalue weighted by molar-refractivity contribution is 5.77. The molecule has 64 valence electrons. The lowest BCUT2D eigenvalue weighted by Gasteiger charge is -2.00. The molecule has 0 aliphatic heterocycles. The Morgan fingerprint density at radius 2 is 2.18 bits per heavy atom. The quantitative estimate of drug-likeness (QED) is 0.450. The number of hydrogen-bond acceptors (Lipinski definition) is 3. The van der Waals surface area contributed by atoms with E-state index >= 15 is 0 Å². The van der Waals surface area contributed by atoms with Crippen molar-refractivity contribution in [2.24, 2.45) is 0 Å². The van der Waals surface area contributed by atoms with Gasteiger partial charge in [-0.25, -0.2) is 0 Å². The van der Waals surface area contributed by atoms with Gasteiger partial charge in [0.15, 0.2) is 0 Å². The third kappa shape index (κ3) is 4.47. The zero-order valence-corrected chi connectivity index (χ0v) is 6.87. The molecular weight excluding hydrogens is 146 g/mol. The van der Waals surface area contributed by atoms with E-state index < -0.39 is 6.04 Å². The molecule has 0 aliphatic rings. The number of carbonyl (C=O) groups excluding carboxylic acids is 1. The van der Waals surface area contributed by atoms with Gasteiger partial charge in [0, 0.05) is 31.1 Å². The molecule has 0 heterocycles. The number of hydrogen-bond donors (Lipinski definition) is 0. The standard InChI is InChI=1S/C7H13NO3/c1-3-7(9)5-4-6(2)8(10)11/h6H,3-5H2,1-2H3/t6-/m1/s1. The van der Waals surface area contributed by atoms with Crippen LogP contribution in [0, 0.1) is 10.1 Å². The van der Waals surface area contributed by atoms with E-state index in [1.165, 1.54) is 6.92 Å². The average Bonchev–Trinajstić information content (AvgIpc) is 1.99. The summed E-state index contributed by atoms with van der Waals surface area (Å²) in [7, 11) is 0. The first kappa shape index (κ1) is 10.1. The second kappa shape index (κ2) is 4.82. The predicted octanol–water partition coefficient (Wildman–Crippen LogP) is 1.41. The number of Topliss-reactive ketones (excluding diaryl/α,β-unsaturated/α-hetero) is 1. The van der Waals surface area contributed by atoms with Crippen molar-refractivity contribution in [1.29, 1.82) is 0 Å². The molecule has 0 saturated carbocycles. The Balaban J connectivity index is 3.54. The van der Waals surface area contributed by atoms with Crippen LogP contribution in [0.25, 0.3) is 0 Å². The van der Waals surface area contributed by atoms with Gasteiger partial charge in [-0.2, -0.15) is 0 Å². The highest BCUT2D eigenvalue weighted by Crippen LogP contribution is 2.01. The molecular formula is C7H13NO3. The Labute approximate surface area is 65.7 Å². The van der Waals surface area contributed by atoms with Crippen molar-refractivity contribution in [2.45, 2.75) is 39.2 Å². The maximum absolute atomic E-state index is 10.7. The first-order chi connectivity index (χ1) is 5.07. The average molecular weight is 159 g/mol. The second-order valence-corrected chi connectivity index (χ2v) is 2.57. The highest BCUT2D eigenvalue weighted by Gasteiger charge is 2.13. The Hall–Kier alpha value is -0.930. The van der Waals surface area contributed by atoms with Crippen LogP contribution in [0.15, 0.2) is 0 Å². The monoisotopic (exact) mass is 159 g/mol. The summed E-state index contributed by atoms with van der Waals surface area (Å²) in [5.74, 6) is 0.0960. The first-order valence-electron chi connectivity index (χ1n) is 3.73. The van der Waals surface area contributed by atoms with E-state index in [1.54, 1.807) is 6.92 Å². The van der Waals surface area contributed by atoms with Crippen molar-refractivity contribution in [3.05, 3.63) is 10.1 Å². The van der Waals surface area contributed by atoms with Crippen molar-refractivity contribution >= 4 is 5.78 Å². The minimum Gasteiger partial charge on any atom is -0.300 e. The van der Waals surface area contributed by atoms with Gasteiger partial charge in [0.25, 0.3) is 0 Å². The van der Waals surface area contributed by atoms with E-state index in [-0.39, 0.29) is 10.7 Å².